The lowest BCUT2D eigenvalue weighted by Gasteiger charge is -1.99. The van der Waals surface area contributed by atoms with Gasteiger partial charge in [0.15, 0.2) is 0 Å². The molecule has 2 aromatic rings. The van der Waals surface area contributed by atoms with Crippen molar-refractivity contribution < 1.29 is 17.7 Å². The maximum atomic E-state index is 10.6. The summed E-state index contributed by atoms with van der Waals surface area (Å²) in [6.45, 7) is 4.24. The lowest BCUT2D eigenvalue weighted by Crippen LogP contribution is -1.99. The molecular weight excluding hydrogens is 280 g/mol. The Morgan fingerprint density at radius 3 is 2.40 bits per heavy atom. The zero-order valence-corrected chi connectivity index (χ0v) is 12.5. The van der Waals surface area contributed by atoms with Crippen LogP contribution in [0.4, 0.5) is 0 Å². The summed E-state index contributed by atoms with van der Waals surface area (Å²) in [5.41, 5.74) is 0.551. The highest BCUT2D eigenvalue weighted by atomic mass is 32.2. The molecule has 1 aromatic heterocycles. The van der Waals surface area contributed by atoms with Crippen molar-refractivity contribution in [1.82, 2.24) is 9.55 Å². The minimum Gasteiger partial charge on any atom is -0.465 e. The summed E-state index contributed by atoms with van der Waals surface area (Å²) in [5.74, 6) is 0. The first-order valence-corrected chi connectivity index (χ1v) is 7.43. The molecule has 0 saturated carbocycles. The van der Waals surface area contributed by atoms with Gasteiger partial charge in [-0.2, -0.15) is 8.42 Å². The molecule has 6 nitrogen and oxygen atoms in total. The Balaban J connectivity index is 0.000000204. The average Bonchev–Trinajstić information content (AvgIpc) is 2.76. The van der Waals surface area contributed by atoms with E-state index in [9.17, 15) is 8.42 Å². The topological polar surface area (TPSA) is 81.4 Å². The summed E-state index contributed by atoms with van der Waals surface area (Å²) >= 11 is 0. The molecule has 0 amide bonds. The Labute approximate surface area is 118 Å². The zero-order valence-electron chi connectivity index (χ0n) is 11.6. The number of hydrogen-bond acceptors (Lipinski definition) is 4. The van der Waals surface area contributed by atoms with Crippen molar-refractivity contribution in [2.24, 2.45) is 7.05 Å². The first-order valence-electron chi connectivity index (χ1n) is 5.99. The van der Waals surface area contributed by atoms with E-state index in [1.165, 1.54) is 6.07 Å². The lowest BCUT2D eigenvalue weighted by molar-refractivity contribution is 0.302. The fourth-order valence-electron chi connectivity index (χ4n) is 1.47. The number of nitrogens with zero attached hydrogens (tertiary/aromatic N) is 2. The molecule has 0 saturated heterocycles. The van der Waals surface area contributed by atoms with E-state index < -0.39 is 10.1 Å². The van der Waals surface area contributed by atoms with Gasteiger partial charge in [-0.05, 0) is 25.5 Å². The first-order chi connectivity index (χ1) is 9.36. The largest absolute Gasteiger partial charge is 0.465 e. The minimum absolute atomic E-state index is 0.0278. The number of hydrogen-bond donors (Lipinski definition) is 1. The number of aromatic nitrogens is 2. The van der Waals surface area contributed by atoms with E-state index in [2.05, 4.69) is 4.98 Å². The maximum Gasteiger partial charge on any atom is 0.295 e. The second kappa shape index (κ2) is 7.06. The second-order valence-electron chi connectivity index (χ2n) is 3.99. The predicted octanol–water partition coefficient (Wildman–Crippen LogP) is 2.06. The van der Waals surface area contributed by atoms with E-state index in [1.807, 2.05) is 24.7 Å². The molecule has 7 heteroatoms. The van der Waals surface area contributed by atoms with Crippen LogP contribution in [0.1, 0.15) is 12.5 Å². The van der Waals surface area contributed by atoms with Crippen LogP contribution in [-0.4, -0.2) is 29.1 Å². The van der Waals surface area contributed by atoms with Crippen molar-refractivity contribution in [3.8, 4) is 6.01 Å². The van der Waals surface area contributed by atoms with Gasteiger partial charge in [-0.3, -0.25) is 4.55 Å². The van der Waals surface area contributed by atoms with E-state index in [-0.39, 0.29) is 4.90 Å². The van der Waals surface area contributed by atoms with E-state index in [0.29, 0.717) is 18.2 Å². The molecule has 0 radical (unpaired) electrons. The third-order valence-corrected chi connectivity index (χ3v) is 3.44. The Morgan fingerprint density at radius 2 is 2.00 bits per heavy atom. The van der Waals surface area contributed by atoms with Crippen molar-refractivity contribution in [1.29, 1.82) is 0 Å². The molecule has 0 spiro atoms. The van der Waals surface area contributed by atoms with Crippen LogP contribution >= 0.6 is 0 Å². The second-order valence-corrected chi connectivity index (χ2v) is 5.38. The van der Waals surface area contributed by atoms with Gasteiger partial charge in [0.05, 0.1) is 11.5 Å². The van der Waals surface area contributed by atoms with E-state index in [0.717, 1.165) is 0 Å². The highest BCUT2D eigenvalue weighted by Gasteiger charge is 2.10. The summed E-state index contributed by atoms with van der Waals surface area (Å²) in [6.07, 6.45) is 3.57. The Bertz CT molecular complexity index is 650. The Kier molecular flexibility index (Phi) is 5.72. The Morgan fingerprint density at radius 1 is 1.35 bits per heavy atom. The SMILES string of the molecule is CCOc1nccn1C.Cc1ccccc1S(=O)(=O)O. The molecule has 0 aliphatic heterocycles. The molecule has 1 aromatic carbocycles. The molecule has 0 atom stereocenters. The quantitative estimate of drug-likeness (QED) is 0.877. The van der Waals surface area contributed by atoms with Crippen molar-refractivity contribution in [3.63, 3.8) is 0 Å². The van der Waals surface area contributed by atoms with Crippen molar-refractivity contribution in [2.75, 3.05) is 6.61 Å². The van der Waals surface area contributed by atoms with Crippen LogP contribution in [0.25, 0.3) is 0 Å². The molecule has 0 bridgehead atoms. The van der Waals surface area contributed by atoms with Crippen LogP contribution in [0, 0.1) is 6.92 Å². The number of benzene rings is 1. The highest BCUT2D eigenvalue weighted by molar-refractivity contribution is 7.85. The first kappa shape index (κ1) is 16.2. The van der Waals surface area contributed by atoms with E-state index >= 15 is 0 Å². The summed E-state index contributed by atoms with van der Waals surface area (Å²) in [5, 5.41) is 0. The highest BCUT2D eigenvalue weighted by Crippen LogP contribution is 2.12. The van der Waals surface area contributed by atoms with Gasteiger partial charge in [0.2, 0.25) is 0 Å². The van der Waals surface area contributed by atoms with Crippen LogP contribution in [0.3, 0.4) is 0 Å². The van der Waals surface area contributed by atoms with Gasteiger partial charge in [-0.25, -0.2) is 4.98 Å². The zero-order chi connectivity index (χ0) is 15.2. The molecule has 20 heavy (non-hydrogen) atoms. The van der Waals surface area contributed by atoms with Crippen LogP contribution in [-0.2, 0) is 17.2 Å². The van der Waals surface area contributed by atoms with Gasteiger partial charge < -0.3 is 9.30 Å². The van der Waals surface area contributed by atoms with Crippen LogP contribution < -0.4 is 4.74 Å². The predicted molar refractivity (Wildman–Crippen MR) is 75.4 cm³/mol. The van der Waals surface area contributed by atoms with Crippen molar-refractivity contribution in [3.05, 3.63) is 42.2 Å². The fraction of sp³-hybridized carbons (Fsp3) is 0.308. The summed E-state index contributed by atoms with van der Waals surface area (Å²) in [4.78, 5) is 3.92. The maximum absolute atomic E-state index is 10.6. The van der Waals surface area contributed by atoms with Crippen LogP contribution in [0.15, 0.2) is 41.6 Å². The number of ether oxygens (including phenoxy) is 1. The van der Waals surface area contributed by atoms with E-state index in [4.69, 9.17) is 9.29 Å². The molecule has 1 heterocycles. The molecule has 2 rings (SSSR count). The van der Waals surface area contributed by atoms with Gasteiger partial charge in [0.25, 0.3) is 16.1 Å². The molecule has 0 unspecified atom stereocenters. The summed E-state index contributed by atoms with van der Waals surface area (Å²) in [6, 6.07) is 6.95. The third kappa shape index (κ3) is 4.67. The number of rotatable bonds is 3. The summed E-state index contributed by atoms with van der Waals surface area (Å²) in [7, 11) is -2.13. The normalized spacial score (nSPS) is 10.6. The molecule has 1 N–H and O–H groups in total. The van der Waals surface area contributed by atoms with Gasteiger partial charge in [-0.1, -0.05) is 18.2 Å². The van der Waals surface area contributed by atoms with Crippen molar-refractivity contribution in [2.45, 2.75) is 18.7 Å². The molecule has 0 aliphatic carbocycles. The number of aryl methyl sites for hydroxylation is 2. The minimum atomic E-state index is -4.03. The Hall–Kier alpha value is -1.86. The molecule has 0 aliphatic rings. The average molecular weight is 298 g/mol. The fourth-order valence-corrected chi connectivity index (χ4v) is 2.19. The van der Waals surface area contributed by atoms with E-state index in [1.54, 1.807) is 31.3 Å². The monoisotopic (exact) mass is 298 g/mol. The van der Waals surface area contributed by atoms with Crippen LogP contribution in [0.5, 0.6) is 6.01 Å². The summed E-state index contributed by atoms with van der Waals surface area (Å²) < 4.78 is 36.8. The lowest BCUT2D eigenvalue weighted by atomic mass is 10.2. The van der Waals surface area contributed by atoms with Crippen LogP contribution in [0.2, 0.25) is 0 Å². The molecule has 0 fully saturated rings. The van der Waals surface area contributed by atoms with Crippen molar-refractivity contribution >= 4 is 10.1 Å². The van der Waals surface area contributed by atoms with Gasteiger partial charge in [0, 0.05) is 19.4 Å². The number of imidazole rings is 1. The molecular formula is C13H18N2O4S. The standard InChI is InChI=1S/C7H8O3S.C6H10N2O/c1-6-4-2-3-5-7(6)11(8,9)10;1-3-9-6-7-4-5-8(6)2/h2-5H,1H3,(H,8,9,10);4-5H,3H2,1-2H3. The van der Waals surface area contributed by atoms with Gasteiger partial charge in [0.1, 0.15) is 0 Å². The third-order valence-electron chi connectivity index (χ3n) is 2.42. The van der Waals surface area contributed by atoms with Gasteiger partial charge in [-0.15, -0.1) is 0 Å². The molecule has 110 valence electrons. The smallest absolute Gasteiger partial charge is 0.295 e. The van der Waals surface area contributed by atoms with Gasteiger partial charge >= 0.3 is 0 Å².